The Labute approximate surface area is 105 Å². The van der Waals surface area contributed by atoms with Crippen molar-refractivity contribution in [2.75, 3.05) is 6.61 Å². The standard InChI is InChI=1S/C12H10F6O/c1-2-8-19-10(11(13,14)15,12(16,17)18)9-6-4-3-5-7-9/h2-7H,1,8H2. The van der Waals surface area contributed by atoms with Crippen molar-refractivity contribution in [3.8, 4) is 0 Å². The summed E-state index contributed by atoms with van der Waals surface area (Å²) in [6.45, 7) is 2.18. The fourth-order valence-corrected chi connectivity index (χ4v) is 1.59. The summed E-state index contributed by atoms with van der Waals surface area (Å²) in [7, 11) is 0. The first-order valence-electron chi connectivity index (χ1n) is 5.10. The molecule has 0 radical (unpaired) electrons. The molecule has 0 saturated heterocycles. The zero-order valence-corrected chi connectivity index (χ0v) is 9.55. The monoisotopic (exact) mass is 284 g/mol. The second-order valence-electron chi connectivity index (χ2n) is 3.64. The molecule has 1 nitrogen and oxygen atoms in total. The van der Waals surface area contributed by atoms with E-state index in [0.717, 1.165) is 30.3 Å². The average Bonchev–Trinajstić information content (AvgIpc) is 2.27. The van der Waals surface area contributed by atoms with Crippen LogP contribution >= 0.6 is 0 Å². The quantitative estimate of drug-likeness (QED) is 0.594. The van der Waals surface area contributed by atoms with Gasteiger partial charge in [-0.15, -0.1) is 6.58 Å². The van der Waals surface area contributed by atoms with Gasteiger partial charge in [-0.2, -0.15) is 26.3 Å². The molecule has 0 fully saturated rings. The lowest BCUT2D eigenvalue weighted by atomic mass is 9.92. The summed E-state index contributed by atoms with van der Waals surface area (Å²) in [4.78, 5) is 0. The summed E-state index contributed by atoms with van der Waals surface area (Å²) < 4.78 is 82.1. The minimum absolute atomic E-state index is 0.726. The van der Waals surface area contributed by atoms with E-state index < -0.39 is 30.1 Å². The molecule has 0 unspecified atom stereocenters. The van der Waals surface area contributed by atoms with E-state index in [0.29, 0.717) is 0 Å². The predicted molar refractivity (Wildman–Crippen MR) is 56.4 cm³/mol. The van der Waals surface area contributed by atoms with E-state index in [1.165, 1.54) is 6.07 Å². The molecule has 0 N–H and O–H groups in total. The first-order valence-corrected chi connectivity index (χ1v) is 5.10. The Morgan fingerprint density at radius 2 is 1.42 bits per heavy atom. The lowest BCUT2D eigenvalue weighted by Gasteiger charge is -2.37. The summed E-state index contributed by atoms with van der Waals surface area (Å²) >= 11 is 0. The van der Waals surface area contributed by atoms with Crippen molar-refractivity contribution in [3.63, 3.8) is 0 Å². The van der Waals surface area contributed by atoms with Crippen molar-refractivity contribution < 1.29 is 31.1 Å². The lowest BCUT2D eigenvalue weighted by Crippen LogP contribution is -2.56. The van der Waals surface area contributed by atoms with Crippen LogP contribution in [0, 0.1) is 0 Å². The number of ether oxygens (including phenoxy) is 1. The highest BCUT2D eigenvalue weighted by Gasteiger charge is 2.73. The van der Waals surface area contributed by atoms with Crippen molar-refractivity contribution in [3.05, 3.63) is 48.6 Å². The van der Waals surface area contributed by atoms with Gasteiger partial charge in [0.2, 0.25) is 0 Å². The van der Waals surface area contributed by atoms with Crippen LogP contribution in [0.1, 0.15) is 5.56 Å². The number of halogens is 6. The van der Waals surface area contributed by atoms with E-state index in [2.05, 4.69) is 11.3 Å². The predicted octanol–water partition coefficient (Wildman–Crippen LogP) is 4.21. The van der Waals surface area contributed by atoms with Gasteiger partial charge in [-0.3, -0.25) is 0 Å². The summed E-state index contributed by atoms with van der Waals surface area (Å²) in [5, 5.41) is 0. The van der Waals surface area contributed by atoms with E-state index in [1.54, 1.807) is 0 Å². The van der Waals surface area contributed by atoms with Gasteiger partial charge in [-0.1, -0.05) is 36.4 Å². The van der Waals surface area contributed by atoms with Crippen LogP contribution in [-0.4, -0.2) is 19.0 Å². The molecule has 0 saturated carbocycles. The Bertz CT molecular complexity index is 406. The highest BCUT2D eigenvalue weighted by Crippen LogP contribution is 2.52. The van der Waals surface area contributed by atoms with E-state index >= 15 is 0 Å². The Balaban J connectivity index is 3.49. The highest BCUT2D eigenvalue weighted by molar-refractivity contribution is 5.27. The van der Waals surface area contributed by atoms with Crippen LogP contribution in [0.25, 0.3) is 0 Å². The molecule has 0 aromatic heterocycles. The molecule has 0 amide bonds. The largest absolute Gasteiger partial charge is 0.430 e. The zero-order valence-electron chi connectivity index (χ0n) is 9.55. The Kier molecular flexibility index (Phi) is 4.29. The summed E-state index contributed by atoms with van der Waals surface area (Å²) in [5.41, 5.74) is -5.37. The highest BCUT2D eigenvalue weighted by atomic mass is 19.4. The molecule has 1 aromatic carbocycles. The van der Waals surface area contributed by atoms with Gasteiger partial charge in [0.15, 0.2) is 0 Å². The third-order valence-electron chi connectivity index (χ3n) is 2.40. The topological polar surface area (TPSA) is 9.23 Å². The molecule has 19 heavy (non-hydrogen) atoms. The normalized spacial score (nSPS) is 13.4. The molecule has 0 aliphatic carbocycles. The van der Waals surface area contributed by atoms with Crippen LogP contribution in [0.4, 0.5) is 26.3 Å². The summed E-state index contributed by atoms with van der Waals surface area (Å²) in [6, 6.07) is 4.93. The third-order valence-corrected chi connectivity index (χ3v) is 2.40. The average molecular weight is 284 g/mol. The van der Waals surface area contributed by atoms with Gasteiger partial charge in [-0.25, -0.2) is 0 Å². The van der Waals surface area contributed by atoms with Crippen LogP contribution in [0.5, 0.6) is 0 Å². The van der Waals surface area contributed by atoms with Gasteiger partial charge in [0.1, 0.15) is 0 Å². The maximum absolute atomic E-state index is 13.0. The molecule has 1 rings (SSSR count). The number of hydrogen-bond donors (Lipinski definition) is 0. The molecule has 0 aliphatic heterocycles. The van der Waals surface area contributed by atoms with Crippen LogP contribution < -0.4 is 0 Å². The fourth-order valence-electron chi connectivity index (χ4n) is 1.59. The Morgan fingerprint density at radius 1 is 0.947 bits per heavy atom. The molecular formula is C12H10F6O. The molecule has 0 aliphatic rings. The fraction of sp³-hybridized carbons (Fsp3) is 0.333. The van der Waals surface area contributed by atoms with Crippen molar-refractivity contribution in [2.45, 2.75) is 18.0 Å². The summed E-state index contributed by atoms with van der Waals surface area (Å²) in [6.07, 6.45) is -10.5. The van der Waals surface area contributed by atoms with E-state index in [4.69, 9.17) is 0 Å². The molecule has 1 aromatic rings. The number of hydrogen-bond acceptors (Lipinski definition) is 1. The van der Waals surface area contributed by atoms with Crippen molar-refractivity contribution >= 4 is 0 Å². The SMILES string of the molecule is C=CCOC(c1ccccc1)(C(F)(F)F)C(F)(F)F. The van der Waals surface area contributed by atoms with E-state index in [-0.39, 0.29) is 0 Å². The van der Waals surface area contributed by atoms with Crippen molar-refractivity contribution in [1.29, 1.82) is 0 Å². The van der Waals surface area contributed by atoms with Crippen LogP contribution in [0.2, 0.25) is 0 Å². The second kappa shape index (κ2) is 5.24. The maximum atomic E-state index is 13.0. The van der Waals surface area contributed by atoms with Gasteiger partial charge in [0, 0.05) is 5.56 Å². The van der Waals surface area contributed by atoms with E-state index in [9.17, 15) is 26.3 Å². The molecule has 106 valence electrons. The van der Waals surface area contributed by atoms with Crippen molar-refractivity contribution in [2.24, 2.45) is 0 Å². The number of rotatable bonds is 4. The first kappa shape index (κ1) is 15.6. The molecule has 0 spiro atoms. The van der Waals surface area contributed by atoms with Crippen LogP contribution in [0.3, 0.4) is 0 Å². The zero-order chi connectivity index (χ0) is 14.7. The first-order chi connectivity index (χ1) is 8.67. The van der Waals surface area contributed by atoms with Gasteiger partial charge in [0.25, 0.3) is 5.60 Å². The summed E-state index contributed by atoms with van der Waals surface area (Å²) in [5.74, 6) is 0. The number of benzene rings is 1. The Morgan fingerprint density at radius 3 is 1.79 bits per heavy atom. The van der Waals surface area contributed by atoms with E-state index in [1.807, 2.05) is 0 Å². The van der Waals surface area contributed by atoms with Gasteiger partial charge in [0.05, 0.1) is 6.61 Å². The van der Waals surface area contributed by atoms with Gasteiger partial charge in [-0.05, 0) is 0 Å². The Hall–Kier alpha value is -1.50. The van der Waals surface area contributed by atoms with Gasteiger partial charge >= 0.3 is 12.4 Å². The smallest absolute Gasteiger partial charge is 0.350 e. The minimum atomic E-state index is -5.64. The number of alkyl halides is 6. The third kappa shape index (κ3) is 2.75. The van der Waals surface area contributed by atoms with Crippen LogP contribution in [-0.2, 0) is 10.3 Å². The van der Waals surface area contributed by atoms with Crippen LogP contribution in [0.15, 0.2) is 43.0 Å². The molecular weight excluding hydrogens is 274 g/mol. The maximum Gasteiger partial charge on any atom is 0.430 e. The molecule has 0 heterocycles. The second-order valence-corrected chi connectivity index (χ2v) is 3.64. The lowest BCUT2D eigenvalue weighted by molar-refractivity contribution is -0.387. The molecule has 7 heteroatoms. The minimum Gasteiger partial charge on any atom is -0.350 e. The van der Waals surface area contributed by atoms with Crippen molar-refractivity contribution in [1.82, 2.24) is 0 Å². The molecule has 0 atom stereocenters. The van der Waals surface area contributed by atoms with Gasteiger partial charge < -0.3 is 4.74 Å². The molecule has 0 bridgehead atoms.